The molecule has 1 fully saturated rings. The molecule has 1 N–H and O–H groups in total. The number of halogens is 2. The number of aliphatic hydroxyl groups excluding tert-OH is 1. The Balaban J connectivity index is 1.76. The maximum Gasteiger partial charge on any atom is 0.227 e. The van der Waals surface area contributed by atoms with Gasteiger partial charge in [-0.3, -0.25) is 0 Å². The topological polar surface area (TPSA) is 59.2 Å². The van der Waals surface area contributed by atoms with Crippen molar-refractivity contribution in [1.29, 1.82) is 0 Å². The first-order chi connectivity index (χ1) is 10.1. The molecule has 0 bridgehead atoms. The van der Waals surface area contributed by atoms with Crippen LogP contribution in [0.5, 0.6) is 0 Å². The van der Waals surface area contributed by atoms with Gasteiger partial charge in [0, 0.05) is 16.5 Å². The first-order valence-electron chi connectivity index (χ1n) is 7.09. The summed E-state index contributed by atoms with van der Waals surface area (Å²) in [6.07, 6.45) is 4.29. The van der Waals surface area contributed by atoms with Crippen LogP contribution in [-0.2, 0) is 6.42 Å². The van der Waals surface area contributed by atoms with Gasteiger partial charge in [-0.1, -0.05) is 33.9 Å². The smallest absolute Gasteiger partial charge is 0.227 e. The summed E-state index contributed by atoms with van der Waals surface area (Å²) < 4.78 is 19.3. The largest absolute Gasteiger partial charge is 0.393 e. The molecule has 1 aromatic carbocycles. The number of aromatic nitrogens is 2. The molecular weight excluding hydrogens is 339 g/mol. The molecule has 0 aliphatic heterocycles. The van der Waals surface area contributed by atoms with E-state index in [-0.39, 0.29) is 17.8 Å². The lowest BCUT2D eigenvalue weighted by atomic mass is 9.84. The zero-order chi connectivity index (χ0) is 14.8. The van der Waals surface area contributed by atoms with Crippen LogP contribution in [-0.4, -0.2) is 21.4 Å². The lowest BCUT2D eigenvalue weighted by Crippen LogP contribution is -2.26. The lowest BCUT2D eigenvalue weighted by molar-refractivity contribution is 0.0657. The fraction of sp³-hybridized carbons (Fsp3) is 0.467. The SMILES string of the molecule is OC1CCCCC1Cc1nc(-c2cc(F)cc(Br)c2)no1. The van der Waals surface area contributed by atoms with E-state index in [0.717, 1.165) is 25.7 Å². The number of nitrogens with zero attached hydrogens (tertiary/aromatic N) is 2. The van der Waals surface area contributed by atoms with Crippen LogP contribution in [0.2, 0.25) is 0 Å². The van der Waals surface area contributed by atoms with Crippen molar-refractivity contribution in [3.8, 4) is 11.4 Å². The Morgan fingerprint density at radius 1 is 1.29 bits per heavy atom. The average molecular weight is 355 g/mol. The van der Waals surface area contributed by atoms with Crippen molar-refractivity contribution in [2.24, 2.45) is 5.92 Å². The molecular formula is C15H16BrFN2O2. The Labute approximate surface area is 130 Å². The number of hydrogen-bond acceptors (Lipinski definition) is 4. The predicted octanol–water partition coefficient (Wildman–Crippen LogP) is 3.73. The Kier molecular flexibility index (Phi) is 4.35. The molecule has 2 aromatic rings. The van der Waals surface area contributed by atoms with E-state index in [9.17, 15) is 9.50 Å². The zero-order valence-electron chi connectivity index (χ0n) is 11.4. The van der Waals surface area contributed by atoms with E-state index in [0.29, 0.717) is 28.2 Å². The fourth-order valence-electron chi connectivity index (χ4n) is 2.79. The van der Waals surface area contributed by atoms with Crippen LogP contribution in [0, 0.1) is 11.7 Å². The molecule has 1 saturated carbocycles. The molecule has 1 aliphatic carbocycles. The second-order valence-corrected chi connectivity index (χ2v) is 6.40. The van der Waals surface area contributed by atoms with E-state index < -0.39 is 0 Å². The molecule has 1 aromatic heterocycles. The fourth-order valence-corrected chi connectivity index (χ4v) is 3.25. The van der Waals surface area contributed by atoms with Crippen molar-refractivity contribution >= 4 is 15.9 Å². The Morgan fingerprint density at radius 2 is 2.10 bits per heavy atom. The summed E-state index contributed by atoms with van der Waals surface area (Å²) in [7, 11) is 0. The van der Waals surface area contributed by atoms with Gasteiger partial charge in [-0.25, -0.2) is 4.39 Å². The van der Waals surface area contributed by atoms with E-state index in [1.54, 1.807) is 6.07 Å². The van der Waals surface area contributed by atoms with Gasteiger partial charge in [0.25, 0.3) is 0 Å². The molecule has 1 aliphatic rings. The third-order valence-electron chi connectivity index (χ3n) is 3.89. The maximum absolute atomic E-state index is 13.4. The summed E-state index contributed by atoms with van der Waals surface area (Å²) in [5, 5.41) is 13.9. The molecule has 0 amide bonds. The minimum absolute atomic E-state index is 0.172. The number of hydrogen-bond donors (Lipinski definition) is 1. The van der Waals surface area contributed by atoms with Gasteiger partial charge in [-0.15, -0.1) is 0 Å². The van der Waals surface area contributed by atoms with Crippen molar-refractivity contribution in [1.82, 2.24) is 10.1 Å². The summed E-state index contributed by atoms with van der Waals surface area (Å²) >= 11 is 3.25. The van der Waals surface area contributed by atoms with Gasteiger partial charge in [0.2, 0.25) is 11.7 Å². The van der Waals surface area contributed by atoms with Gasteiger partial charge in [0.05, 0.1) is 6.10 Å². The van der Waals surface area contributed by atoms with Crippen LogP contribution in [0.25, 0.3) is 11.4 Å². The van der Waals surface area contributed by atoms with Crippen molar-refractivity contribution in [2.75, 3.05) is 0 Å². The van der Waals surface area contributed by atoms with Crippen LogP contribution < -0.4 is 0 Å². The highest BCUT2D eigenvalue weighted by Gasteiger charge is 2.25. The monoisotopic (exact) mass is 354 g/mol. The van der Waals surface area contributed by atoms with Crippen LogP contribution in [0.1, 0.15) is 31.6 Å². The molecule has 2 atom stereocenters. The minimum Gasteiger partial charge on any atom is -0.393 e. The van der Waals surface area contributed by atoms with Gasteiger partial charge < -0.3 is 9.63 Å². The number of rotatable bonds is 3. The Morgan fingerprint density at radius 3 is 2.86 bits per heavy atom. The summed E-state index contributed by atoms with van der Waals surface area (Å²) in [5.41, 5.74) is 0.570. The molecule has 112 valence electrons. The zero-order valence-corrected chi connectivity index (χ0v) is 13.0. The normalized spacial score (nSPS) is 22.4. The van der Waals surface area contributed by atoms with Gasteiger partial charge in [0.15, 0.2) is 0 Å². The van der Waals surface area contributed by atoms with E-state index in [2.05, 4.69) is 26.1 Å². The third kappa shape index (κ3) is 3.49. The second-order valence-electron chi connectivity index (χ2n) is 5.49. The van der Waals surface area contributed by atoms with Crippen molar-refractivity contribution < 1.29 is 14.0 Å². The van der Waals surface area contributed by atoms with E-state index in [4.69, 9.17) is 4.52 Å². The van der Waals surface area contributed by atoms with E-state index >= 15 is 0 Å². The Bertz CT molecular complexity index is 612. The van der Waals surface area contributed by atoms with Crippen LogP contribution >= 0.6 is 15.9 Å². The molecule has 1 heterocycles. The first-order valence-corrected chi connectivity index (χ1v) is 7.88. The van der Waals surface area contributed by atoms with Crippen LogP contribution in [0.3, 0.4) is 0 Å². The van der Waals surface area contributed by atoms with Gasteiger partial charge in [-0.05, 0) is 37.0 Å². The highest BCUT2D eigenvalue weighted by molar-refractivity contribution is 9.10. The predicted molar refractivity (Wildman–Crippen MR) is 79.1 cm³/mol. The van der Waals surface area contributed by atoms with Gasteiger partial charge in [0.1, 0.15) is 5.82 Å². The van der Waals surface area contributed by atoms with Crippen LogP contribution in [0.4, 0.5) is 4.39 Å². The van der Waals surface area contributed by atoms with Gasteiger partial charge >= 0.3 is 0 Å². The van der Waals surface area contributed by atoms with E-state index in [1.165, 1.54) is 12.1 Å². The standard InChI is InChI=1S/C15H16BrFN2O2/c16-11-5-10(6-12(17)8-11)15-18-14(21-19-15)7-9-3-1-2-4-13(9)20/h5-6,8-9,13,20H,1-4,7H2. The number of benzene rings is 1. The molecule has 21 heavy (non-hydrogen) atoms. The summed E-state index contributed by atoms with van der Waals surface area (Å²) in [6, 6.07) is 4.49. The summed E-state index contributed by atoms with van der Waals surface area (Å²) in [5.74, 6) is 0.687. The molecule has 4 nitrogen and oxygen atoms in total. The van der Waals surface area contributed by atoms with Crippen molar-refractivity contribution in [3.63, 3.8) is 0 Å². The van der Waals surface area contributed by atoms with Crippen molar-refractivity contribution in [2.45, 2.75) is 38.2 Å². The minimum atomic E-state index is -0.353. The van der Waals surface area contributed by atoms with Crippen molar-refractivity contribution in [3.05, 3.63) is 34.4 Å². The number of aliphatic hydroxyl groups is 1. The highest BCUT2D eigenvalue weighted by atomic mass is 79.9. The second kappa shape index (κ2) is 6.23. The average Bonchev–Trinajstić information content (AvgIpc) is 2.89. The lowest BCUT2D eigenvalue weighted by Gasteiger charge is -2.26. The maximum atomic E-state index is 13.4. The van der Waals surface area contributed by atoms with Crippen LogP contribution in [0.15, 0.2) is 27.2 Å². The molecule has 0 saturated heterocycles. The summed E-state index contributed by atoms with van der Waals surface area (Å²) in [6.45, 7) is 0. The third-order valence-corrected chi connectivity index (χ3v) is 4.35. The summed E-state index contributed by atoms with van der Waals surface area (Å²) in [4.78, 5) is 4.31. The molecule has 0 spiro atoms. The Hall–Kier alpha value is -1.27. The molecule has 6 heteroatoms. The molecule has 2 unspecified atom stereocenters. The molecule has 3 rings (SSSR count). The highest BCUT2D eigenvalue weighted by Crippen LogP contribution is 2.28. The van der Waals surface area contributed by atoms with E-state index in [1.807, 2.05) is 0 Å². The first kappa shape index (κ1) is 14.7. The van der Waals surface area contributed by atoms with Gasteiger partial charge in [-0.2, -0.15) is 4.98 Å². The quantitative estimate of drug-likeness (QED) is 0.912. The molecule has 0 radical (unpaired) electrons.